The van der Waals surface area contributed by atoms with Crippen molar-refractivity contribution in [2.45, 2.75) is 57.9 Å². The molecule has 1 aromatic carbocycles. The van der Waals surface area contributed by atoms with Crippen LogP contribution >= 0.6 is 0 Å². The number of aryl methyl sites for hydroxylation is 1. The van der Waals surface area contributed by atoms with Crippen LogP contribution < -0.4 is 5.32 Å². The molecule has 0 radical (unpaired) electrons. The molecule has 0 heterocycles. The summed E-state index contributed by atoms with van der Waals surface area (Å²) in [6, 6.07) is 7.47. The summed E-state index contributed by atoms with van der Waals surface area (Å²) in [4.78, 5) is 25.6. The van der Waals surface area contributed by atoms with Gasteiger partial charge >= 0.3 is 5.97 Å². The summed E-state index contributed by atoms with van der Waals surface area (Å²) in [6.07, 6.45) is 7.39. The van der Waals surface area contributed by atoms with Gasteiger partial charge in [-0.15, -0.1) is 0 Å². The van der Waals surface area contributed by atoms with E-state index in [0.717, 1.165) is 30.4 Å². The van der Waals surface area contributed by atoms with Crippen molar-refractivity contribution in [2.24, 2.45) is 23.2 Å². The van der Waals surface area contributed by atoms with Crippen LogP contribution in [0.3, 0.4) is 0 Å². The zero-order valence-electron chi connectivity index (χ0n) is 15.8. The van der Waals surface area contributed by atoms with Crippen LogP contribution in [-0.4, -0.2) is 25.0 Å². The Morgan fingerprint density at radius 1 is 1.15 bits per heavy atom. The van der Waals surface area contributed by atoms with Crippen molar-refractivity contribution in [1.82, 2.24) is 5.32 Å². The Morgan fingerprint density at radius 2 is 1.77 bits per heavy atom. The van der Waals surface area contributed by atoms with E-state index in [0.29, 0.717) is 24.2 Å². The zero-order chi connectivity index (χ0) is 18.3. The molecule has 4 aliphatic rings. The molecule has 140 valence electrons. The molecule has 4 fully saturated rings. The highest BCUT2D eigenvalue weighted by Crippen LogP contribution is 2.60. The fourth-order valence-electron chi connectivity index (χ4n) is 6.11. The van der Waals surface area contributed by atoms with Crippen molar-refractivity contribution in [3.63, 3.8) is 0 Å². The highest BCUT2D eigenvalue weighted by Gasteiger charge is 2.55. The third-order valence-electron chi connectivity index (χ3n) is 6.83. The van der Waals surface area contributed by atoms with E-state index in [1.54, 1.807) is 0 Å². The summed E-state index contributed by atoms with van der Waals surface area (Å²) in [6.45, 7) is 2.03. The van der Waals surface area contributed by atoms with Gasteiger partial charge < -0.3 is 10.1 Å². The monoisotopic (exact) mass is 355 g/mol. The molecule has 4 bridgehead atoms. The number of amides is 1. The molecule has 4 heteroatoms. The van der Waals surface area contributed by atoms with Crippen LogP contribution in [-0.2, 0) is 20.7 Å². The SMILES string of the molecule is COC(=O)[C@@H](Cc1cccc(C)c1)NC(=O)C12CC3CC(CC(C3)C1)C2. The molecule has 0 aliphatic heterocycles. The second-order valence-electron chi connectivity index (χ2n) is 8.94. The lowest BCUT2D eigenvalue weighted by Gasteiger charge is -2.55. The second-order valence-corrected chi connectivity index (χ2v) is 8.94. The lowest BCUT2D eigenvalue weighted by molar-refractivity contribution is -0.152. The van der Waals surface area contributed by atoms with Crippen LogP contribution in [0.15, 0.2) is 24.3 Å². The first-order valence-corrected chi connectivity index (χ1v) is 9.92. The number of ether oxygens (including phenoxy) is 1. The van der Waals surface area contributed by atoms with E-state index >= 15 is 0 Å². The van der Waals surface area contributed by atoms with Crippen LogP contribution in [0.1, 0.15) is 49.7 Å². The van der Waals surface area contributed by atoms with Crippen LogP contribution in [0.2, 0.25) is 0 Å². The largest absolute Gasteiger partial charge is 0.467 e. The zero-order valence-corrected chi connectivity index (χ0v) is 15.8. The summed E-state index contributed by atoms with van der Waals surface area (Å²) in [5, 5.41) is 3.08. The number of esters is 1. The normalized spacial score (nSPS) is 32.9. The smallest absolute Gasteiger partial charge is 0.328 e. The Balaban J connectivity index is 1.50. The van der Waals surface area contributed by atoms with Gasteiger partial charge in [0.05, 0.1) is 7.11 Å². The minimum Gasteiger partial charge on any atom is -0.467 e. The van der Waals surface area contributed by atoms with Gasteiger partial charge in [0, 0.05) is 11.8 Å². The number of carbonyl (C=O) groups is 2. The van der Waals surface area contributed by atoms with Gasteiger partial charge in [-0.1, -0.05) is 29.8 Å². The first-order valence-electron chi connectivity index (χ1n) is 9.92. The fraction of sp³-hybridized carbons (Fsp3) is 0.636. The molecular weight excluding hydrogens is 326 g/mol. The highest BCUT2D eigenvalue weighted by molar-refractivity contribution is 5.88. The van der Waals surface area contributed by atoms with E-state index < -0.39 is 6.04 Å². The third-order valence-corrected chi connectivity index (χ3v) is 6.83. The summed E-state index contributed by atoms with van der Waals surface area (Å²) in [7, 11) is 1.39. The lowest BCUT2D eigenvalue weighted by atomic mass is 9.49. The summed E-state index contributed by atoms with van der Waals surface area (Å²) >= 11 is 0. The van der Waals surface area contributed by atoms with Crippen molar-refractivity contribution in [3.05, 3.63) is 35.4 Å². The number of benzene rings is 1. The van der Waals surface area contributed by atoms with Crippen molar-refractivity contribution in [1.29, 1.82) is 0 Å². The van der Waals surface area contributed by atoms with Gasteiger partial charge in [-0.05, 0) is 68.8 Å². The van der Waals surface area contributed by atoms with Crippen molar-refractivity contribution in [2.75, 3.05) is 7.11 Å². The molecule has 4 saturated carbocycles. The Labute approximate surface area is 155 Å². The van der Waals surface area contributed by atoms with Crippen LogP contribution in [0.5, 0.6) is 0 Å². The van der Waals surface area contributed by atoms with Gasteiger partial charge in [-0.2, -0.15) is 0 Å². The lowest BCUT2D eigenvalue weighted by Crippen LogP contribution is -2.56. The standard InChI is InChI=1S/C22H29NO3/c1-14-4-3-5-15(6-14)10-19(20(24)26-2)23-21(25)22-11-16-7-17(12-22)9-18(8-16)13-22/h3-6,16-19H,7-13H2,1-2H3,(H,23,25)/t16?,17?,18?,19-,22?/m1/s1. The number of rotatable bonds is 5. The molecule has 4 nitrogen and oxygen atoms in total. The second kappa shape index (κ2) is 6.71. The topological polar surface area (TPSA) is 55.4 Å². The average molecular weight is 355 g/mol. The number of hydrogen-bond donors (Lipinski definition) is 1. The highest BCUT2D eigenvalue weighted by atomic mass is 16.5. The molecule has 1 aromatic rings. The quantitative estimate of drug-likeness (QED) is 0.824. The van der Waals surface area contributed by atoms with Gasteiger partial charge in [0.15, 0.2) is 0 Å². The Bertz CT molecular complexity index is 676. The van der Waals surface area contributed by atoms with Gasteiger partial charge in [0.2, 0.25) is 5.91 Å². The first-order chi connectivity index (χ1) is 12.5. The molecule has 0 saturated heterocycles. The molecule has 5 rings (SSSR count). The Kier molecular flexibility index (Phi) is 4.54. The number of methoxy groups -OCH3 is 1. The predicted molar refractivity (Wildman–Crippen MR) is 99.4 cm³/mol. The van der Waals surface area contributed by atoms with Crippen LogP contribution in [0.4, 0.5) is 0 Å². The molecular formula is C22H29NO3. The number of carbonyl (C=O) groups excluding carboxylic acids is 2. The summed E-state index contributed by atoms with van der Waals surface area (Å²) < 4.78 is 4.98. The number of hydrogen-bond acceptors (Lipinski definition) is 3. The Hall–Kier alpha value is -1.84. The van der Waals surface area contributed by atoms with Crippen molar-refractivity contribution in [3.8, 4) is 0 Å². The predicted octanol–water partition coefficient (Wildman–Crippen LogP) is 3.41. The van der Waals surface area contributed by atoms with Crippen molar-refractivity contribution >= 4 is 11.9 Å². The molecule has 4 aliphatic carbocycles. The minimum absolute atomic E-state index is 0.0830. The van der Waals surface area contributed by atoms with E-state index in [9.17, 15) is 9.59 Å². The van der Waals surface area contributed by atoms with E-state index in [1.807, 2.05) is 25.1 Å². The molecule has 0 unspecified atom stereocenters. The Morgan fingerprint density at radius 3 is 2.31 bits per heavy atom. The van der Waals surface area contributed by atoms with Gasteiger partial charge in [-0.3, -0.25) is 4.79 Å². The number of nitrogens with one attached hydrogen (secondary N) is 1. The third kappa shape index (κ3) is 3.26. The van der Waals surface area contributed by atoms with E-state index in [4.69, 9.17) is 4.74 Å². The molecule has 0 spiro atoms. The first kappa shape index (κ1) is 17.6. The summed E-state index contributed by atoms with van der Waals surface area (Å²) in [5.74, 6) is 1.85. The van der Waals surface area contributed by atoms with E-state index in [2.05, 4.69) is 11.4 Å². The fourth-order valence-corrected chi connectivity index (χ4v) is 6.11. The van der Waals surface area contributed by atoms with E-state index in [-0.39, 0.29) is 17.3 Å². The molecule has 1 N–H and O–H groups in total. The molecule has 1 atom stereocenters. The maximum Gasteiger partial charge on any atom is 0.328 e. The van der Waals surface area contributed by atoms with Gasteiger partial charge in [0.1, 0.15) is 6.04 Å². The maximum absolute atomic E-state index is 13.3. The summed E-state index contributed by atoms with van der Waals surface area (Å²) in [5.41, 5.74) is 1.96. The van der Waals surface area contributed by atoms with Crippen LogP contribution in [0.25, 0.3) is 0 Å². The van der Waals surface area contributed by atoms with E-state index in [1.165, 1.54) is 26.4 Å². The van der Waals surface area contributed by atoms with Crippen molar-refractivity contribution < 1.29 is 14.3 Å². The molecule has 26 heavy (non-hydrogen) atoms. The van der Waals surface area contributed by atoms with Gasteiger partial charge in [0.25, 0.3) is 0 Å². The average Bonchev–Trinajstić information content (AvgIpc) is 2.59. The molecule has 1 amide bonds. The minimum atomic E-state index is -0.609. The van der Waals surface area contributed by atoms with Gasteiger partial charge in [-0.25, -0.2) is 4.79 Å². The molecule has 0 aromatic heterocycles. The van der Waals surface area contributed by atoms with Crippen LogP contribution in [0, 0.1) is 30.1 Å². The maximum atomic E-state index is 13.3.